The maximum atomic E-state index is 12.8. The van der Waals surface area contributed by atoms with E-state index in [0.717, 1.165) is 16.0 Å². The van der Waals surface area contributed by atoms with E-state index in [0.29, 0.717) is 26.1 Å². The van der Waals surface area contributed by atoms with E-state index in [1.54, 1.807) is 25.2 Å². The molecule has 2 aromatic carbocycles. The van der Waals surface area contributed by atoms with Crippen LogP contribution in [-0.2, 0) is 11.8 Å². The molecule has 0 fully saturated rings. The van der Waals surface area contributed by atoms with Crippen molar-refractivity contribution >= 4 is 56.5 Å². The van der Waals surface area contributed by atoms with E-state index in [1.807, 2.05) is 43.3 Å². The van der Waals surface area contributed by atoms with Crippen LogP contribution in [0.5, 0.6) is 0 Å². The van der Waals surface area contributed by atoms with E-state index in [2.05, 4.69) is 10.3 Å². The second kappa shape index (κ2) is 8.63. The summed E-state index contributed by atoms with van der Waals surface area (Å²) in [5, 5.41) is 3.96. The number of aromatic nitrogens is 2. The number of fused-ring (bicyclic) bond motifs is 1. The van der Waals surface area contributed by atoms with Crippen LogP contribution >= 0.6 is 34.7 Å². The van der Waals surface area contributed by atoms with Gasteiger partial charge in [0.25, 0.3) is 5.56 Å². The van der Waals surface area contributed by atoms with Gasteiger partial charge in [0, 0.05) is 22.6 Å². The van der Waals surface area contributed by atoms with Crippen LogP contribution in [0.3, 0.4) is 0 Å². The Labute approximate surface area is 186 Å². The number of anilines is 1. The molecular weight excluding hydrogens is 438 g/mol. The van der Waals surface area contributed by atoms with Gasteiger partial charge >= 0.3 is 0 Å². The van der Waals surface area contributed by atoms with Crippen LogP contribution < -0.4 is 10.9 Å². The van der Waals surface area contributed by atoms with Crippen molar-refractivity contribution in [3.8, 4) is 10.4 Å². The first-order chi connectivity index (χ1) is 14.4. The van der Waals surface area contributed by atoms with Crippen LogP contribution in [0.1, 0.15) is 5.56 Å². The summed E-state index contributed by atoms with van der Waals surface area (Å²) in [5.74, 6) is -0.0528. The van der Waals surface area contributed by atoms with Crippen LogP contribution in [0, 0.1) is 6.92 Å². The van der Waals surface area contributed by atoms with Gasteiger partial charge in [0.05, 0.1) is 11.3 Å². The zero-order valence-corrected chi connectivity index (χ0v) is 18.7. The molecule has 5 nitrogen and oxygen atoms in total. The minimum Gasteiger partial charge on any atom is -0.325 e. The Morgan fingerprint density at radius 2 is 1.97 bits per heavy atom. The lowest BCUT2D eigenvalue weighted by atomic mass is 10.2. The zero-order valence-electron chi connectivity index (χ0n) is 16.3. The van der Waals surface area contributed by atoms with Gasteiger partial charge in [-0.2, -0.15) is 0 Å². The van der Waals surface area contributed by atoms with Gasteiger partial charge in [-0.05, 0) is 36.2 Å². The molecule has 0 unspecified atom stereocenters. The molecule has 2 aromatic heterocycles. The predicted molar refractivity (Wildman–Crippen MR) is 126 cm³/mol. The Hall–Kier alpha value is -2.61. The van der Waals surface area contributed by atoms with E-state index in [1.165, 1.54) is 27.7 Å². The number of hydrogen-bond donors (Lipinski definition) is 1. The number of thioether (sulfide) groups is 1. The first kappa shape index (κ1) is 20.7. The van der Waals surface area contributed by atoms with Gasteiger partial charge in [-0.15, -0.1) is 11.3 Å². The van der Waals surface area contributed by atoms with Gasteiger partial charge in [0.2, 0.25) is 5.91 Å². The van der Waals surface area contributed by atoms with Crippen LogP contribution in [-0.4, -0.2) is 21.2 Å². The number of halogens is 1. The van der Waals surface area contributed by atoms with Crippen molar-refractivity contribution in [2.45, 2.75) is 12.1 Å². The number of amides is 1. The molecule has 0 aliphatic heterocycles. The largest absolute Gasteiger partial charge is 0.325 e. The molecule has 4 aromatic rings. The first-order valence-corrected chi connectivity index (χ1v) is 11.4. The number of carbonyl (C=O) groups is 1. The monoisotopic (exact) mass is 455 g/mol. The molecule has 30 heavy (non-hydrogen) atoms. The van der Waals surface area contributed by atoms with E-state index < -0.39 is 0 Å². The van der Waals surface area contributed by atoms with Gasteiger partial charge < -0.3 is 5.32 Å². The van der Waals surface area contributed by atoms with Crippen molar-refractivity contribution in [1.29, 1.82) is 0 Å². The number of hydrogen-bond acceptors (Lipinski definition) is 5. The third-order valence-corrected chi connectivity index (χ3v) is 7.25. The van der Waals surface area contributed by atoms with Gasteiger partial charge in [0.15, 0.2) is 5.16 Å². The van der Waals surface area contributed by atoms with Crippen LogP contribution in [0.15, 0.2) is 64.5 Å². The van der Waals surface area contributed by atoms with E-state index in [9.17, 15) is 9.59 Å². The molecule has 0 aliphatic rings. The maximum Gasteiger partial charge on any atom is 0.271 e. The van der Waals surface area contributed by atoms with E-state index in [4.69, 9.17) is 11.6 Å². The highest BCUT2D eigenvalue weighted by Crippen LogP contribution is 2.31. The molecule has 8 heteroatoms. The van der Waals surface area contributed by atoms with Crippen molar-refractivity contribution < 1.29 is 4.79 Å². The molecule has 0 saturated heterocycles. The van der Waals surface area contributed by atoms with Crippen LogP contribution in [0.4, 0.5) is 5.69 Å². The molecule has 0 radical (unpaired) electrons. The highest BCUT2D eigenvalue weighted by atomic mass is 35.5. The van der Waals surface area contributed by atoms with Gasteiger partial charge in [-0.3, -0.25) is 14.2 Å². The molecule has 152 valence electrons. The summed E-state index contributed by atoms with van der Waals surface area (Å²) < 4.78 is 2.11. The lowest BCUT2D eigenvalue weighted by Crippen LogP contribution is -2.20. The molecule has 1 amide bonds. The highest BCUT2D eigenvalue weighted by molar-refractivity contribution is 7.99. The minimum atomic E-state index is -0.185. The van der Waals surface area contributed by atoms with Crippen molar-refractivity contribution in [3.63, 3.8) is 0 Å². The lowest BCUT2D eigenvalue weighted by molar-refractivity contribution is -0.113. The summed E-state index contributed by atoms with van der Waals surface area (Å²) in [5.41, 5.74) is 3.08. The Morgan fingerprint density at radius 3 is 2.73 bits per heavy atom. The summed E-state index contributed by atoms with van der Waals surface area (Å²) >= 11 is 8.77. The standard InChI is InChI=1S/C22H18ClN3O2S2/c1-13-15(23)9-6-10-16(13)24-19(27)12-29-22-25-17-11-18(14-7-4-3-5-8-14)30-20(17)21(28)26(22)2/h3-11H,12H2,1-2H3,(H,24,27). The Balaban J connectivity index is 1.55. The summed E-state index contributed by atoms with van der Waals surface area (Å²) in [6.45, 7) is 1.85. The predicted octanol–water partition coefficient (Wildman–Crippen LogP) is 5.35. The quantitative estimate of drug-likeness (QED) is 0.325. The molecule has 0 saturated carbocycles. The molecule has 0 bridgehead atoms. The number of thiophene rings is 1. The van der Waals surface area contributed by atoms with Gasteiger partial charge in [-0.1, -0.05) is 59.8 Å². The number of benzene rings is 2. The average molecular weight is 456 g/mol. The van der Waals surface area contributed by atoms with Crippen molar-refractivity contribution in [1.82, 2.24) is 9.55 Å². The summed E-state index contributed by atoms with van der Waals surface area (Å²) in [6.07, 6.45) is 0. The maximum absolute atomic E-state index is 12.8. The number of nitrogens with one attached hydrogen (secondary N) is 1. The van der Waals surface area contributed by atoms with Crippen LogP contribution in [0.25, 0.3) is 20.7 Å². The average Bonchev–Trinajstić information content (AvgIpc) is 3.18. The van der Waals surface area contributed by atoms with E-state index >= 15 is 0 Å². The first-order valence-electron chi connectivity index (χ1n) is 9.18. The zero-order chi connectivity index (χ0) is 21.3. The summed E-state index contributed by atoms with van der Waals surface area (Å²) in [4.78, 5) is 30.8. The molecule has 0 aliphatic carbocycles. The smallest absolute Gasteiger partial charge is 0.271 e. The number of carbonyl (C=O) groups excluding carboxylic acids is 1. The molecule has 2 heterocycles. The normalized spacial score (nSPS) is 11.0. The van der Waals surface area contributed by atoms with Crippen molar-refractivity contribution in [3.05, 3.63) is 75.5 Å². The molecule has 4 rings (SSSR count). The topological polar surface area (TPSA) is 64.0 Å². The van der Waals surface area contributed by atoms with Crippen molar-refractivity contribution in [2.24, 2.45) is 7.05 Å². The van der Waals surface area contributed by atoms with Gasteiger partial charge in [0.1, 0.15) is 4.70 Å². The Morgan fingerprint density at radius 1 is 1.20 bits per heavy atom. The summed E-state index contributed by atoms with van der Waals surface area (Å²) in [7, 11) is 1.68. The van der Waals surface area contributed by atoms with Crippen LogP contribution in [0.2, 0.25) is 5.02 Å². The molecule has 0 atom stereocenters. The Kier molecular flexibility index (Phi) is 5.94. The molecule has 1 N–H and O–H groups in total. The fourth-order valence-corrected chi connectivity index (χ4v) is 4.99. The number of nitrogens with zero attached hydrogens (tertiary/aromatic N) is 2. The Bertz CT molecular complexity index is 1300. The second-order valence-electron chi connectivity index (χ2n) is 6.70. The van der Waals surface area contributed by atoms with Crippen molar-refractivity contribution in [2.75, 3.05) is 11.1 Å². The fraction of sp³-hybridized carbons (Fsp3) is 0.136. The molecular formula is C22H18ClN3O2S2. The fourth-order valence-electron chi connectivity index (χ4n) is 2.97. The SMILES string of the molecule is Cc1c(Cl)cccc1NC(=O)CSc1nc2cc(-c3ccccc3)sc2c(=O)n1C. The molecule has 0 spiro atoms. The summed E-state index contributed by atoms with van der Waals surface area (Å²) in [6, 6.07) is 17.2. The third-order valence-electron chi connectivity index (χ3n) is 4.65. The minimum absolute atomic E-state index is 0.110. The van der Waals surface area contributed by atoms with Gasteiger partial charge in [-0.25, -0.2) is 4.98 Å². The third kappa shape index (κ3) is 4.14. The highest BCUT2D eigenvalue weighted by Gasteiger charge is 2.15. The van der Waals surface area contributed by atoms with E-state index in [-0.39, 0.29) is 17.2 Å². The lowest BCUT2D eigenvalue weighted by Gasteiger charge is -2.10. The second-order valence-corrected chi connectivity index (χ2v) is 9.10. The number of rotatable bonds is 5.